The van der Waals surface area contributed by atoms with Gasteiger partial charge in [-0.05, 0) is 39.8 Å². The third-order valence-corrected chi connectivity index (χ3v) is 5.14. The second kappa shape index (κ2) is 6.99. The number of ketones is 1. The largest absolute Gasteiger partial charge is 0.406 e. The lowest BCUT2D eigenvalue weighted by molar-refractivity contribution is -0.141. The maximum Gasteiger partial charge on any atom is 0.406 e. The Morgan fingerprint density at radius 3 is 2.48 bits per heavy atom. The van der Waals surface area contributed by atoms with Crippen LogP contribution in [0.2, 0.25) is 0 Å². The third-order valence-electron chi connectivity index (χ3n) is 4.21. The van der Waals surface area contributed by atoms with Gasteiger partial charge in [0.15, 0.2) is 10.9 Å². The summed E-state index contributed by atoms with van der Waals surface area (Å²) in [5.74, 6) is 0.242. The minimum atomic E-state index is -4.34. The first-order chi connectivity index (χ1) is 12.6. The normalized spacial score (nSPS) is 12.1. The Bertz CT molecular complexity index is 1020. The number of thioether (sulfide) groups is 1. The lowest BCUT2D eigenvalue weighted by atomic mass is 10.2. The molecule has 144 valence electrons. The van der Waals surface area contributed by atoms with Gasteiger partial charge >= 0.3 is 6.18 Å². The third kappa shape index (κ3) is 4.00. The average molecular weight is 397 g/mol. The molecule has 0 amide bonds. The van der Waals surface area contributed by atoms with Crippen LogP contribution in [-0.2, 0) is 6.54 Å². The Labute approximate surface area is 157 Å². The molecule has 0 aliphatic heterocycles. The average Bonchev–Trinajstić information content (AvgIpc) is 3.07. The molecule has 0 radical (unpaired) electrons. The van der Waals surface area contributed by atoms with E-state index < -0.39 is 12.7 Å². The first-order valence-electron chi connectivity index (χ1n) is 8.15. The van der Waals surface area contributed by atoms with Crippen molar-refractivity contribution in [2.45, 2.75) is 45.6 Å². The van der Waals surface area contributed by atoms with Crippen LogP contribution >= 0.6 is 11.8 Å². The number of carbonyl (C=O) groups excluding carboxylic acids is 1. The molecule has 0 aromatic carbocycles. The number of nitrogens with zero attached hydrogens (tertiary/aromatic N) is 5. The summed E-state index contributed by atoms with van der Waals surface area (Å²) in [6.45, 7) is 5.73. The van der Waals surface area contributed by atoms with Crippen molar-refractivity contribution in [1.82, 2.24) is 24.1 Å². The van der Waals surface area contributed by atoms with Crippen LogP contribution in [0.1, 0.15) is 33.1 Å². The zero-order chi connectivity index (χ0) is 19.9. The molecule has 0 bridgehead atoms. The van der Waals surface area contributed by atoms with Crippen LogP contribution in [0.4, 0.5) is 13.2 Å². The topological polar surface area (TPSA) is 65.1 Å². The molecular weight excluding hydrogens is 379 g/mol. The van der Waals surface area contributed by atoms with Gasteiger partial charge in [-0.1, -0.05) is 11.8 Å². The molecule has 10 heteroatoms. The summed E-state index contributed by atoms with van der Waals surface area (Å²) in [7, 11) is 0. The van der Waals surface area contributed by atoms with Crippen molar-refractivity contribution in [1.29, 1.82) is 0 Å². The number of hydrogen-bond donors (Lipinski definition) is 0. The molecule has 0 N–H and O–H groups in total. The summed E-state index contributed by atoms with van der Waals surface area (Å²) in [6, 6.07) is 3.38. The van der Waals surface area contributed by atoms with Gasteiger partial charge in [0.1, 0.15) is 6.54 Å². The Morgan fingerprint density at radius 1 is 1.11 bits per heavy atom. The Kier molecular flexibility index (Phi) is 5.02. The quantitative estimate of drug-likeness (QED) is 0.485. The van der Waals surface area contributed by atoms with Crippen molar-refractivity contribution in [3.8, 4) is 0 Å². The van der Waals surface area contributed by atoms with Gasteiger partial charge in [0.05, 0.1) is 5.75 Å². The summed E-state index contributed by atoms with van der Waals surface area (Å²) in [6.07, 6.45) is -4.34. The van der Waals surface area contributed by atoms with Gasteiger partial charge in [0, 0.05) is 28.3 Å². The van der Waals surface area contributed by atoms with Crippen LogP contribution in [0.3, 0.4) is 0 Å². The van der Waals surface area contributed by atoms with Crippen molar-refractivity contribution in [2.75, 3.05) is 5.75 Å². The number of halogens is 3. The molecule has 3 heterocycles. The molecule has 0 atom stereocenters. The number of rotatable bonds is 5. The van der Waals surface area contributed by atoms with Gasteiger partial charge in [-0.2, -0.15) is 13.2 Å². The van der Waals surface area contributed by atoms with E-state index in [1.54, 1.807) is 11.3 Å². The van der Waals surface area contributed by atoms with Gasteiger partial charge in [0.2, 0.25) is 0 Å². The van der Waals surface area contributed by atoms with Crippen LogP contribution in [0.15, 0.2) is 17.3 Å². The smallest absolute Gasteiger partial charge is 0.339 e. The van der Waals surface area contributed by atoms with E-state index in [1.807, 2.05) is 19.9 Å². The van der Waals surface area contributed by atoms with Crippen LogP contribution in [0.25, 0.3) is 5.78 Å². The molecule has 0 unspecified atom stereocenters. The summed E-state index contributed by atoms with van der Waals surface area (Å²) >= 11 is 1.18. The number of carbonyl (C=O) groups is 1. The second-order valence-corrected chi connectivity index (χ2v) is 7.30. The number of alkyl halides is 3. The maximum atomic E-state index is 12.7. The molecule has 3 aromatic rings. The second-order valence-electron chi connectivity index (χ2n) is 6.35. The van der Waals surface area contributed by atoms with Crippen molar-refractivity contribution in [3.05, 3.63) is 40.5 Å². The molecule has 27 heavy (non-hydrogen) atoms. The van der Waals surface area contributed by atoms with Gasteiger partial charge in [-0.25, -0.2) is 4.98 Å². The number of hydrogen-bond acceptors (Lipinski definition) is 5. The summed E-state index contributed by atoms with van der Waals surface area (Å²) in [4.78, 5) is 16.9. The van der Waals surface area contributed by atoms with Gasteiger partial charge < -0.3 is 4.57 Å². The van der Waals surface area contributed by atoms with E-state index in [0.717, 1.165) is 16.0 Å². The Morgan fingerprint density at radius 2 is 1.81 bits per heavy atom. The fourth-order valence-corrected chi connectivity index (χ4v) is 3.88. The van der Waals surface area contributed by atoms with E-state index in [0.29, 0.717) is 27.9 Å². The number of fused-ring (bicyclic) bond motifs is 1. The molecule has 6 nitrogen and oxygen atoms in total. The minimum absolute atomic E-state index is 0.0461. The molecule has 3 aromatic heterocycles. The molecule has 0 saturated heterocycles. The van der Waals surface area contributed by atoms with Crippen LogP contribution in [0.5, 0.6) is 0 Å². The zero-order valence-corrected chi connectivity index (χ0v) is 16.1. The molecule has 0 aliphatic carbocycles. The summed E-state index contributed by atoms with van der Waals surface area (Å²) in [5, 5.41) is 8.59. The lowest BCUT2D eigenvalue weighted by Crippen LogP contribution is -2.19. The number of aromatic nitrogens is 5. The molecule has 0 fully saturated rings. The fraction of sp³-hybridized carbons (Fsp3) is 0.412. The standard InChI is InChI=1S/C17H18F3N5OS/c1-9-5-11(3)25-15(21-9)22-23-16(25)27-7-14(26)13-6-10(2)24(12(13)4)8-17(18,19)20/h5-6H,7-8H2,1-4H3. The van der Waals surface area contributed by atoms with Crippen LogP contribution < -0.4 is 0 Å². The number of aryl methyl sites for hydroxylation is 3. The molecular formula is C17H18F3N5OS. The van der Waals surface area contributed by atoms with Crippen molar-refractivity contribution in [3.63, 3.8) is 0 Å². The highest BCUT2D eigenvalue weighted by molar-refractivity contribution is 7.99. The van der Waals surface area contributed by atoms with E-state index in [1.165, 1.54) is 24.8 Å². The summed E-state index contributed by atoms with van der Waals surface area (Å²) in [5.41, 5.74) is 2.72. The molecule has 3 rings (SSSR count). The molecule has 0 aliphatic rings. The minimum Gasteiger partial charge on any atom is -0.339 e. The molecule has 0 spiro atoms. The van der Waals surface area contributed by atoms with Gasteiger partial charge in [0.25, 0.3) is 5.78 Å². The van der Waals surface area contributed by atoms with Gasteiger partial charge in [-0.15, -0.1) is 10.2 Å². The van der Waals surface area contributed by atoms with Crippen molar-refractivity contribution in [2.24, 2.45) is 0 Å². The fourth-order valence-electron chi connectivity index (χ4n) is 3.01. The monoisotopic (exact) mass is 397 g/mol. The van der Waals surface area contributed by atoms with E-state index in [9.17, 15) is 18.0 Å². The van der Waals surface area contributed by atoms with Crippen molar-refractivity contribution >= 4 is 23.3 Å². The zero-order valence-electron chi connectivity index (χ0n) is 15.3. The van der Waals surface area contributed by atoms with E-state index in [-0.39, 0.29) is 11.5 Å². The lowest BCUT2D eigenvalue weighted by Gasteiger charge is -2.12. The van der Waals surface area contributed by atoms with Crippen molar-refractivity contribution < 1.29 is 18.0 Å². The maximum absolute atomic E-state index is 12.7. The predicted octanol–water partition coefficient (Wildman–Crippen LogP) is 3.70. The first-order valence-corrected chi connectivity index (χ1v) is 9.14. The Balaban J connectivity index is 1.80. The van der Waals surface area contributed by atoms with Crippen LogP contribution in [-0.4, -0.2) is 41.9 Å². The first kappa shape index (κ1) is 19.4. The SMILES string of the molecule is Cc1cc(C)n2c(SCC(=O)c3cc(C)n(CC(F)(F)F)c3C)nnc2n1. The van der Waals surface area contributed by atoms with E-state index in [2.05, 4.69) is 15.2 Å². The van der Waals surface area contributed by atoms with E-state index in [4.69, 9.17) is 0 Å². The highest BCUT2D eigenvalue weighted by Crippen LogP contribution is 2.25. The highest BCUT2D eigenvalue weighted by atomic mass is 32.2. The number of Topliss-reactive ketones (excluding diaryl/α,β-unsaturated/α-hetero) is 1. The molecule has 0 saturated carbocycles. The summed E-state index contributed by atoms with van der Waals surface area (Å²) < 4.78 is 41.0. The van der Waals surface area contributed by atoms with E-state index >= 15 is 0 Å². The predicted molar refractivity (Wildman–Crippen MR) is 95.3 cm³/mol. The highest BCUT2D eigenvalue weighted by Gasteiger charge is 2.30. The van der Waals surface area contributed by atoms with Gasteiger partial charge in [-0.3, -0.25) is 9.20 Å². The van der Waals surface area contributed by atoms with Crippen LogP contribution in [0, 0.1) is 27.7 Å². The Hall–Kier alpha value is -2.36.